The number of hydrogen-bond donors (Lipinski definition) is 2. The largest absolute Gasteiger partial charge is 0.320 e. The third-order valence-electron chi connectivity index (χ3n) is 2.02. The predicted molar refractivity (Wildman–Crippen MR) is 61.7 cm³/mol. The molecule has 0 heterocycles. The smallest absolute Gasteiger partial charge is 0.0406 e. The molecule has 0 radical (unpaired) electrons. The molecule has 78 valence electrons. The van der Waals surface area contributed by atoms with Crippen LogP contribution in [-0.2, 0) is 6.54 Å². The summed E-state index contributed by atoms with van der Waals surface area (Å²) in [5, 5.41) is 7.28. The fourth-order valence-corrected chi connectivity index (χ4v) is 1.35. The molecular weight excluding hydrogens is 196 g/mol. The topological polar surface area (TPSA) is 24.1 Å². The van der Waals surface area contributed by atoms with Crippen molar-refractivity contribution in [2.75, 3.05) is 20.1 Å². The molecule has 0 fully saturated rings. The van der Waals surface area contributed by atoms with Crippen molar-refractivity contribution in [2.24, 2.45) is 0 Å². The first-order valence-electron chi connectivity index (χ1n) is 4.92. The van der Waals surface area contributed by atoms with Gasteiger partial charge in [-0.25, -0.2) is 0 Å². The first-order chi connectivity index (χ1) is 6.83. The summed E-state index contributed by atoms with van der Waals surface area (Å²) in [6.45, 7) is 3.03. The lowest BCUT2D eigenvalue weighted by Gasteiger charge is -2.04. The highest BCUT2D eigenvalue weighted by Gasteiger charge is 1.92. The van der Waals surface area contributed by atoms with Gasteiger partial charge < -0.3 is 10.6 Å². The quantitative estimate of drug-likeness (QED) is 0.706. The molecule has 0 saturated carbocycles. The number of halogens is 1. The van der Waals surface area contributed by atoms with Gasteiger partial charge in [-0.15, -0.1) is 0 Å². The van der Waals surface area contributed by atoms with Crippen molar-refractivity contribution in [1.29, 1.82) is 0 Å². The van der Waals surface area contributed by atoms with Gasteiger partial charge in [0.1, 0.15) is 0 Å². The van der Waals surface area contributed by atoms with E-state index in [2.05, 4.69) is 10.6 Å². The van der Waals surface area contributed by atoms with Crippen molar-refractivity contribution in [1.82, 2.24) is 10.6 Å². The molecule has 0 saturated heterocycles. The maximum Gasteiger partial charge on any atom is 0.0406 e. The van der Waals surface area contributed by atoms with E-state index in [0.29, 0.717) is 0 Å². The average molecular weight is 213 g/mol. The molecule has 1 rings (SSSR count). The van der Waals surface area contributed by atoms with E-state index in [4.69, 9.17) is 11.6 Å². The Morgan fingerprint density at radius 2 is 1.86 bits per heavy atom. The highest BCUT2D eigenvalue weighted by atomic mass is 35.5. The van der Waals surface area contributed by atoms with Crippen LogP contribution in [0.25, 0.3) is 0 Å². The third kappa shape index (κ3) is 4.61. The van der Waals surface area contributed by atoms with Crippen molar-refractivity contribution in [3.8, 4) is 0 Å². The van der Waals surface area contributed by atoms with Crippen LogP contribution in [0.5, 0.6) is 0 Å². The molecule has 2 N–H and O–H groups in total. The zero-order chi connectivity index (χ0) is 10.2. The molecule has 0 atom stereocenters. The van der Waals surface area contributed by atoms with Gasteiger partial charge in [0.05, 0.1) is 0 Å². The zero-order valence-corrected chi connectivity index (χ0v) is 9.27. The average Bonchev–Trinajstić information content (AvgIpc) is 2.21. The molecular formula is C11H17ClN2. The molecule has 0 unspecified atom stereocenters. The second-order valence-corrected chi connectivity index (χ2v) is 3.70. The summed E-state index contributed by atoms with van der Waals surface area (Å²) in [4.78, 5) is 0. The molecule has 0 aliphatic rings. The molecule has 3 heteroatoms. The lowest BCUT2D eigenvalue weighted by molar-refractivity contribution is 0.625. The zero-order valence-electron chi connectivity index (χ0n) is 8.52. The minimum Gasteiger partial charge on any atom is -0.320 e. The molecule has 0 amide bonds. The number of benzene rings is 1. The normalized spacial score (nSPS) is 10.4. The van der Waals surface area contributed by atoms with Gasteiger partial charge in [-0.05, 0) is 44.3 Å². The van der Waals surface area contributed by atoms with E-state index in [0.717, 1.165) is 31.1 Å². The highest BCUT2D eigenvalue weighted by Crippen LogP contribution is 2.08. The van der Waals surface area contributed by atoms with Crippen molar-refractivity contribution >= 4 is 11.6 Å². The van der Waals surface area contributed by atoms with Crippen LogP contribution in [0.1, 0.15) is 12.0 Å². The van der Waals surface area contributed by atoms with Crippen LogP contribution in [0.4, 0.5) is 0 Å². The summed E-state index contributed by atoms with van der Waals surface area (Å²) in [6, 6.07) is 7.94. The van der Waals surface area contributed by atoms with Gasteiger partial charge in [-0.3, -0.25) is 0 Å². The summed E-state index contributed by atoms with van der Waals surface area (Å²) < 4.78 is 0. The molecule has 0 bridgehead atoms. The maximum atomic E-state index is 5.79. The van der Waals surface area contributed by atoms with E-state index >= 15 is 0 Å². The van der Waals surface area contributed by atoms with Crippen LogP contribution < -0.4 is 10.6 Å². The first-order valence-corrected chi connectivity index (χ1v) is 5.30. The van der Waals surface area contributed by atoms with Crippen LogP contribution in [0.3, 0.4) is 0 Å². The van der Waals surface area contributed by atoms with E-state index in [9.17, 15) is 0 Å². The molecule has 0 aromatic heterocycles. The Balaban J connectivity index is 2.15. The molecule has 2 nitrogen and oxygen atoms in total. The van der Waals surface area contributed by atoms with E-state index in [1.807, 2.05) is 31.3 Å². The lowest BCUT2D eigenvalue weighted by atomic mass is 10.2. The van der Waals surface area contributed by atoms with Gasteiger partial charge in [0.2, 0.25) is 0 Å². The van der Waals surface area contributed by atoms with Crippen molar-refractivity contribution in [2.45, 2.75) is 13.0 Å². The van der Waals surface area contributed by atoms with E-state index in [1.54, 1.807) is 0 Å². The fraction of sp³-hybridized carbons (Fsp3) is 0.455. The molecule has 0 aliphatic carbocycles. The Labute approximate surface area is 90.7 Å². The predicted octanol–water partition coefficient (Wildman–Crippen LogP) is 2.04. The van der Waals surface area contributed by atoms with Gasteiger partial charge >= 0.3 is 0 Å². The first kappa shape index (κ1) is 11.5. The Kier molecular flexibility index (Phi) is 5.60. The monoisotopic (exact) mass is 212 g/mol. The van der Waals surface area contributed by atoms with Gasteiger partial charge in [-0.1, -0.05) is 23.7 Å². The summed E-state index contributed by atoms with van der Waals surface area (Å²) in [7, 11) is 1.97. The summed E-state index contributed by atoms with van der Waals surface area (Å²) in [5.74, 6) is 0. The highest BCUT2D eigenvalue weighted by molar-refractivity contribution is 6.30. The van der Waals surface area contributed by atoms with Gasteiger partial charge in [0, 0.05) is 11.6 Å². The van der Waals surface area contributed by atoms with E-state index in [1.165, 1.54) is 5.56 Å². The Morgan fingerprint density at radius 1 is 1.14 bits per heavy atom. The van der Waals surface area contributed by atoms with Crippen LogP contribution >= 0.6 is 11.6 Å². The standard InChI is InChI=1S/C11H17ClN2/c1-13-7-2-8-14-9-10-3-5-11(12)6-4-10/h3-6,13-14H,2,7-9H2,1H3. The SMILES string of the molecule is CNCCCNCc1ccc(Cl)cc1. The summed E-state index contributed by atoms with van der Waals surface area (Å²) in [6.07, 6.45) is 1.16. The van der Waals surface area contributed by atoms with Crippen molar-refractivity contribution in [3.63, 3.8) is 0 Å². The van der Waals surface area contributed by atoms with Gasteiger partial charge in [0.15, 0.2) is 0 Å². The Bertz CT molecular complexity index is 246. The maximum absolute atomic E-state index is 5.79. The molecule has 1 aromatic carbocycles. The Morgan fingerprint density at radius 3 is 2.50 bits per heavy atom. The molecule has 1 aromatic rings. The second kappa shape index (κ2) is 6.82. The van der Waals surface area contributed by atoms with Crippen LogP contribution in [0.15, 0.2) is 24.3 Å². The Hall–Kier alpha value is -0.570. The number of rotatable bonds is 6. The van der Waals surface area contributed by atoms with E-state index < -0.39 is 0 Å². The fourth-order valence-electron chi connectivity index (χ4n) is 1.23. The number of hydrogen-bond acceptors (Lipinski definition) is 2. The minimum absolute atomic E-state index is 0.795. The lowest BCUT2D eigenvalue weighted by Crippen LogP contribution is -2.19. The summed E-state index contributed by atoms with van der Waals surface area (Å²) in [5.41, 5.74) is 1.28. The van der Waals surface area contributed by atoms with Crippen LogP contribution in [-0.4, -0.2) is 20.1 Å². The van der Waals surface area contributed by atoms with Crippen molar-refractivity contribution < 1.29 is 0 Å². The molecule has 14 heavy (non-hydrogen) atoms. The van der Waals surface area contributed by atoms with Crippen molar-refractivity contribution in [3.05, 3.63) is 34.9 Å². The molecule has 0 aliphatic heterocycles. The second-order valence-electron chi connectivity index (χ2n) is 3.26. The van der Waals surface area contributed by atoms with Crippen LogP contribution in [0, 0.1) is 0 Å². The third-order valence-corrected chi connectivity index (χ3v) is 2.27. The van der Waals surface area contributed by atoms with Gasteiger partial charge in [-0.2, -0.15) is 0 Å². The molecule has 0 spiro atoms. The van der Waals surface area contributed by atoms with Crippen LogP contribution in [0.2, 0.25) is 5.02 Å². The summed E-state index contributed by atoms with van der Waals surface area (Å²) >= 11 is 5.79. The minimum atomic E-state index is 0.795. The van der Waals surface area contributed by atoms with E-state index in [-0.39, 0.29) is 0 Å². The van der Waals surface area contributed by atoms with Gasteiger partial charge in [0.25, 0.3) is 0 Å². The number of nitrogens with one attached hydrogen (secondary N) is 2.